The van der Waals surface area contributed by atoms with Gasteiger partial charge in [-0.3, -0.25) is 4.79 Å². The molecule has 0 saturated heterocycles. The van der Waals surface area contributed by atoms with E-state index in [0.29, 0.717) is 18.6 Å². The maximum absolute atomic E-state index is 12.4. The highest BCUT2D eigenvalue weighted by atomic mass is 32.2. The first-order chi connectivity index (χ1) is 10.3. The van der Waals surface area contributed by atoms with Gasteiger partial charge in [-0.2, -0.15) is 4.72 Å². The lowest BCUT2D eigenvalue weighted by atomic mass is 10.1. The van der Waals surface area contributed by atoms with Crippen LogP contribution in [0.1, 0.15) is 38.7 Å². The molecule has 0 radical (unpaired) electrons. The van der Waals surface area contributed by atoms with E-state index in [-0.39, 0.29) is 17.4 Å². The number of nitrogens with one attached hydrogen (secondary N) is 1. The number of hydrogen-bond donors (Lipinski definition) is 2. The number of hydrogen-bond acceptors (Lipinski definition) is 4. The van der Waals surface area contributed by atoms with E-state index in [4.69, 9.17) is 9.84 Å². The quantitative estimate of drug-likeness (QED) is 0.798. The molecular weight excluding hydrogens is 306 g/mol. The SMILES string of the molecule is CCCCC(NS(=O)(=O)c1ccc2c(c1)CC(C)O2)C(=O)O. The number of carboxylic acid groups (broad SMARTS) is 1. The summed E-state index contributed by atoms with van der Waals surface area (Å²) in [6.07, 6.45) is 2.40. The van der Waals surface area contributed by atoms with Crippen molar-refractivity contribution in [3.05, 3.63) is 23.8 Å². The second-order valence-electron chi connectivity index (χ2n) is 5.56. The minimum Gasteiger partial charge on any atom is -0.490 e. The van der Waals surface area contributed by atoms with E-state index in [1.807, 2.05) is 13.8 Å². The van der Waals surface area contributed by atoms with Crippen LogP contribution in [-0.2, 0) is 21.2 Å². The maximum atomic E-state index is 12.4. The highest BCUT2D eigenvalue weighted by Crippen LogP contribution is 2.30. The third-order valence-corrected chi connectivity index (χ3v) is 5.09. The van der Waals surface area contributed by atoms with E-state index in [0.717, 1.165) is 12.0 Å². The maximum Gasteiger partial charge on any atom is 0.321 e. The third-order valence-electron chi connectivity index (χ3n) is 3.62. The third kappa shape index (κ3) is 3.78. The van der Waals surface area contributed by atoms with Crippen LogP contribution < -0.4 is 9.46 Å². The first-order valence-corrected chi connectivity index (χ1v) is 8.86. The molecule has 122 valence electrons. The lowest BCUT2D eigenvalue weighted by Gasteiger charge is -2.14. The van der Waals surface area contributed by atoms with Crippen molar-refractivity contribution in [3.8, 4) is 5.75 Å². The van der Waals surface area contributed by atoms with Crippen molar-refractivity contribution in [3.63, 3.8) is 0 Å². The van der Waals surface area contributed by atoms with Crippen molar-refractivity contribution in [2.24, 2.45) is 0 Å². The topological polar surface area (TPSA) is 92.7 Å². The number of unbranched alkanes of at least 4 members (excludes halogenated alkanes) is 1. The molecule has 22 heavy (non-hydrogen) atoms. The zero-order chi connectivity index (χ0) is 16.3. The number of aliphatic carboxylic acids is 1. The van der Waals surface area contributed by atoms with Gasteiger partial charge in [-0.25, -0.2) is 8.42 Å². The number of fused-ring (bicyclic) bond motifs is 1. The molecule has 6 nitrogen and oxygen atoms in total. The van der Waals surface area contributed by atoms with E-state index in [9.17, 15) is 13.2 Å². The summed E-state index contributed by atoms with van der Waals surface area (Å²) in [5, 5.41) is 9.15. The molecule has 0 bridgehead atoms. The summed E-state index contributed by atoms with van der Waals surface area (Å²) in [5.41, 5.74) is 0.829. The fraction of sp³-hybridized carbons (Fsp3) is 0.533. The van der Waals surface area contributed by atoms with Crippen LogP contribution in [0.5, 0.6) is 5.75 Å². The first-order valence-electron chi connectivity index (χ1n) is 7.38. The van der Waals surface area contributed by atoms with Crippen LogP contribution in [0.15, 0.2) is 23.1 Å². The second kappa shape index (κ2) is 6.66. The summed E-state index contributed by atoms with van der Waals surface area (Å²) in [4.78, 5) is 11.3. The largest absolute Gasteiger partial charge is 0.490 e. The molecule has 2 rings (SSSR count). The van der Waals surface area contributed by atoms with Gasteiger partial charge in [-0.05, 0) is 37.1 Å². The number of carboxylic acids is 1. The summed E-state index contributed by atoms with van der Waals surface area (Å²) in [7, 11) is -3.86. The zero-order valence-electron chi connectivity index (χ0n) is 12.7. The molecule has 1 aliphatic rings. The number of benzene rings is 1. The number of rotatable bonds is 7. The highest BCUT2D eigenvalue weighted by Gasteiger charge is 2.27. The normalized spacial score (nSPS) is 18.5. The predicted molar refractivity (Wildman–Crippen MR) is 81.5 cm³/mol. The molecule has 0 saturated carbocycles. The Morgan fingerprint density at radius 3 is 2.86 bits per heavy atom. The summed E-state index contributed by atoms with van der Waals surface area (Å²) < 4.78 is 32.6. The molecule has 0 amide bonds. The van der Waals surface area contributed by atoms with Crippen molar-refractivity contribution in [2.75, 3.05) is 0 Å². The van der Waals surface area contributed by atoms with Gasteiger partial charge in [0.15, 0.2) is 0 Å². The molecule has 2 N–H and O–H groups in total. The standard InChI is InChI=1S/C15H21NO5S/c1-3-4-5-13(15(17)18)16-22(19,20)12-6-7-14-11(9-12)8-10(2)21-14/h6-7,9-10,13,16H,3-5,8H2,1-2H3,(H,17,18). The Morgan fingerprint density at radius 2 is 2.23 bits per heavy atom. The van der Waals surface area contributed by atoms with E-state index in [2.05, 4.69) is 4.72 Å². The van der Waals surface area contributed by atoms with Crippen LogP contribution >= 0.6 is 0 Å². The minimum atomic E-state index is -3.86. The Bertz CT molecular complexity index is 656. The predicted octanol–water partition coefficient (Wildman–Crippen LogP) is 1.93. The van der Waals surface area contributed by atoms with Gasteiger partial charge in [0.25, 0.3) is 0 Å². The molecule has 2 unspecified atom stereocenters. The molecule has 7 heteroatoms. The Kier molecular flexibility index (Phi) is 5.08. The summed E-state index contributed by atoms with van der Waals surface area (Å²) in [6, 6.07) is 3.51. The minimum absolute atomic E-state index is 0.0252. The Balaban J connectivity index is 2.19. The average molecular weight is 327 g/mol. The van der Waals surface area contributed by atoms with Crippen molar-refractivity contribution >= 4 is 16.0 Å². The number of ether oxygens (including phenoxy) is 1. The van der Waals surface area contributed by atoms with Gasteiger partial charge >= 0.3 is 5.97 Å². The van der Waals surface area contributed by atoms with E-state index in [1.165, 1.54) is 6.07 Å². The summed E-state index contributed by atoms with van der Waals surface area (Å²) >= 11 is 0. The monoisotopic (exact) mass is 327 g/mol. The molecular formula is C15H21NO5S. The highest BCUT2D eigenvalue weighted by molar-refractivity contribution is 7.89. The van der Waals surface area contributed by atoms with Crippen molar-refractivity contribution in [1.29, 1.82) is 0 Å². The average Bonchev–Trinajstić information content (AvgIpc) is 2.82. The number of sulfonamides is 1. The van der Waals surface area contributed by atoms with Crippen LogP contribution in [0.4, 0.5) is 0 Å². The van der Waals surface area contributed by atoms with Crippen molar-refractivity contribution in [2.45, 2.75) is 56.6 Å². The lowest BCUT2D eigenvalue weighted by Crippen LogP contribution is -2.40. The molecule has 0 aliphatic carbocycles. The molecule has 1 heterocycles. The van der Waals surface area contributed by atoms with Gasteiger partial charge in [0.05, 0.1) is 4.90 Å². The molecule has 1 aromatic carbocycles. The van der Waals surface area contributed by atoms with Crippen LogP contribution in [-0.4, -0.2) is 31.6 Å². The van der Waals surface area contributed by atoms with Crippen molar-refractivity contribution < 1.29 is 23.1 Å². The smallest absolute Gasteiger partial charge is 0.321 e. The zero-order valence-corrected chi connectivity index (χ0v) is 13.5. The molecule has 2 atom stereocenters. The fourth-order valence-corrected chi connectivity index (χ4v) is 3.74. The number of carbonyl (C=O) groups is 1. The van der Waals surface area contributed by atoms with Gasteiger partial charge in [0.1, 0.15) is 17.9 Å². The molecule has 1 aromatic rings. The first kappa shape index (κ1) is 16.8. The van der Waals surface area contributed by atoms with Gasteiger partial charge in [0, 0.05) is 6.42 Å². The summed E-state index contributed by atoms with van der Waals surface area (Å²) in [6.45, 7) is 3.84. The van der Waals surface area contributed by atoms with Crippen LogP contribution in [0.3, 0.4) is 0 Å². The van der Waals surface area contributed by atoms with Gasteiger partial charge < -0.3 is 9.84 Å². The Labute approximate surface area is 130 Å². The Morgan fingerprint density at radius 1 is 1.50 bits per heavy atom. The molecule has 0 fully saturated rings. The van der Waals surface area contributed by atoms with Gasteiger partial charge in [0.2, 0.25) is 10.0 Å². The lowest BCUT2D eigenvalue weighted by molar-refractivity contribution is -0.139. The van der Waals surface area contributed by atoms with E-state index in [1.54, 1.807) is 12.1 Å². The van der Waals surface area contributed by atoms with E-state index < -0.39 is 22.0 Å². The fourth-order valence-electron chi connectivity index (χ4n) is 2.46. The van der Waals surface area contributed by atoms with Gasteiger partial charge in [-0.15, -0.1) is 0 Å². The van der Waals surface area contributed by atoms with Gasteiger partial charge in [-0.1, -0.05) is 19.8 Å². The molecule has 0 spiro atoms. The van der Waals surface area contributed by atoms with Crippen LogP contribution in [0.25, 0.3) is 0 Å². The van der Waals surface area contributed by atoms with Crippen LogP contribution in [0, 0.1) is 0 Å². The van der Waals surface area contributed by atoms with Crippen molar-refractivity contribution in [1.82, 2.24) is 4.72 Å². The second-order valence-corrected chi connectivity index (χ2v) is 7.27. The Hall–Kier alpha value is -1.60. The molecule has 0 aromatic heterocycles. The van der Waals surface area contributed by atoms with E-state index >= 15 is 0 Å². The summed E-state index contributed by atoms with van der Waals surface area (Å²) in [5.74, 6) is -0.470. The van der Waals surface area contributed by atoms with Crippen LogP contribution in [0.2, 0.25) is 0 Å². The molecule has 1 aliphatic heterocycles.